The zero-order valence-corrected chi connectivity index (χ0v) is 31.8. The molecule has 2 aliphatic heterocycles. The molecule has 1 aliphatic carbocycles. The number of carboxylic acids is 1. The molecular weight excluding hydrogens is 668 g/mol. The third-order valence-electron chi connectivity index (χ3n) is 10.9. The molecule has 6 nitrogen and oxygen atoms in total. The summed E-state index contributed by atoms with van der Waals surface area (Å²) in [7, 11) is 0. The minimum atomic E-state index is -0.912. The van der Waals surface area contributed by atoms with Crippen LogP contribution in [0.5, 0.6) is 5.75 Å². The van der Waals surface area contributed by atoms with Gasteiger partial charge in [-0.25, -0.2) is 4.79 Å². The highest BCUT2D eigenvalue weighted by Crippen LogP contribution is 2.48. The molecule has 3 aliphatic rings. The molecular formula is C45H50ClN2O4+. The SMILES string of the molecule is CC[N+]1=C(/C=C/C2=C(Cl)C(C=C=C3N(CCCCCC(=O)Oc4ccccc4)c4ccccc4C3(C)C)CCC2)C(C)(C)c2cc(C(=O)O)ccc21. The van der Waals surface area contributed by atoms with Crippen molar-refractivity contribution in [3.8, 4) is 5.75 Å². The lowest BCUT2D eigenvalue weighted by molar-refractivity contribution is -0.433. The Bertz CT molecular complexity index is 2010. The first-order valence-electron chi connectivity index (χ1n) is 18.6. The molecule has 0 fully saturated rings. The summed E-state index contributed by atoms with van der Waals surface area (Å²) in [5.74, 6) is -0.449. The number of allylic oxidation sites excluding steroid dienone is 5. The number of carbonyl (C=O) groups excluding carboxylic acids is 1. The van der Waals surface area contributed by atoms with Gasteiger partial charge >= 0.3 is 11.9 Å². The van der Waals surface area contributed by atoms with E-state index in [0.29, 0.717) is 17.7 Å². The molecule has 2 heterocycles. The van der Waals surface area contributed by atoms with Crippen LogP contribution in [0.1, 0.15) is 101 Å². The topological polar surface area (TPSA) is 69.8 Å². The summed E-state index contributed by atoms with van der Waals surface area (Å²) in [6.07, 6.45) is 12.5. The number of halogens is 1. The van der Waals surface area contributed by atoms with Crippen LogP contribution < -0.4 is 9.64 Å². The second-order valence-corrected chi connectivity index (χ2v) is 15.5. The molecule has 0 bridgehead atoms. The predicted octanol–water partition coefficient (Wildman–Crippen LogP) is 10.6. The predicted molar refractivity (Wildman–Crippen MR) is 210 cm³/mol. The average molecular weight is 718 g/mol. The van der Waals surface area contributed by atoms with Gasteiger partial charge in [-0.3, -0.25) is 4.79 Å². The summed E-state index contributed by atoms with van der Waals surface area (Å²) >= 11 is 7.21. The van der Waals surface area contributed by atoms with E-state index in [1.54, 1.807) is 18.2 Å². The van der Waals surface area contributed by atoms with Gasteiger partial charge in [-0.2, -0.15) is 4.58 Å². The Hall–Kier alpha value is -4.64. The Morgan fingerprint density at radius 1 is 0.962 bits per heavy atom. The maximum atomic E-state index is 12.4. The molecule has 6 rings (SSSR count). The van der Waals surface area contributed by atoms with Crippen molar-refractivity contribution in [1.29, 1.82) is 0 Å². The van der Waals surface area contributed by atoms with E-state index in [1.807, 2.05) is 30.3 Å². The number of anilines is 1. The largest absolute Gasteiger partial charge is 0.478 e. The fourth-order valence-electron chi connectivity index (χ4n) is 8.02. The molecule has 1 atom stereocenters. The molecule has 0 saturated carbocycles. The van der Waals surface area contributed by atoms with E-state index in [4.69, 9.17) is 16.3 Å². The van der Waals surface area contributed by atoms with Crippen molar-refractivity contribution < 1.29 is 24.0 Å². The lowest BCUT2D eigenvalue weighted by Crippen LogP contribution is -2.27. The summed E-state index contributed by atoms with van der Waals surface area (Å²) in [4.78, 5) is 26.5. The number of hydrogen-bond acceptors (Lipinski definition) is 4. The zero-order valence-electron chi connectivity index (χ0n) is 31.0. The van der Waals surface area contributed by atoms with E-state index in [-0.39, 0.29) is 22.7 Å². The Balaban J connectivity index is 1.19. The monoisotopic (exact) mass is 717 g/mol. The highest BCUT2D eigenvalue weighted by Gasteiger charge is 2.44. The number of esters is 1. The number of nitrogens with zero attached hydrogens (tertiary/aromatic N) is 2. The van der Waals surface area contributed by atoms with Crippen LogP contribution in [-0.2, 0) is 15.6 Å². The van der Waals surface area contributed by atoms with Gasteiger partial charge in [-0.1, -0.05) is 60.5 Å². The van der Waals surface area contributed by atoms with Gasteiger partial charge in [-0.15, -0.1) is 5.73 Å². The van der Waals surface area contributed by atoms with Gasteiger partial charge in [-0.05, 0) is 114 Å². The van der Waals surface area contributed by atoms with Crippen molar-refractivity contribution in [1.82, 2.24) is 0 Å². The van der Waals surface area contributed by atoms with Crippen LogP contribution in [-0.4, -0.2) is 40.4 Å². The molecule has 3 aromatic rings. The number of hydrogen-bond donors (Lipinski definition) is 1. The van der Waals surface area contributed by atoms with Crippen LogP contribution in [0.3, 0.4) is 0 Å². The second kappa shape index (κ2) is 15.5. The summed E-state index contributed by atoms with van der Waals surface area (Å²) in [6, 6.07) is 23.3. The molecule has 0 aromatic heterocycles. The molecule has 1 N–H and O–H groups in total. The van der Waals surface area contributed by atoms with Crippen LogP contribution in [0.25, 0.3) is 0 Å². The molecule has 0 amide bonds. The van der Waals surface area contributed by atoms with E-state index in [0.717, 1.165) is 84.9 Å². The number of carbonyl (C=O) groups is 2. The van der Waals surface area contributed by atoms with E-state index in [9.17, 15) is 14.7 Å². The number of unbranched alkanes of at least 4 members (excludes halogenated alkanes) is 2. The smallest absolute Gasteiger partial charge is 0.335 e. The maximum absolute atomic E-state index is 12.4. The van der Waals surface area contributed by atoms with Crippen molar-refractivity contribution in [3.63, 3.8) is 0 Å². The summed E-state index contributed by atoms with van der Waals surface area (Å²) in [5.41, 5.74) is 11.5. The van der Waals surface area contributed by atoms with Crippen LogP contribution in [0.4, 0.5) is 11.4 Å². The van der Waals surface area contributed by atoms with Crippen molar-refractivity contribution >= 4 is 40.6 Å². The summed E-state index contributed by atoms with van der Waals surface area (Å²) < 4.78 is 7.75. The summed E-state index contributed by atoms with van der Waals surface area (Å²) in [6.45, 7) is 12.6. The van der Waals surface area contributed by atoms with Gasteiger partial charge < -0.3 is 14.7 Å². The highest BCUT2D eigenvalue weighted by molar-refractivity contribution is 6.30. The number of para-hydroxylation sites is 2. The molecule has 3 aromatic carbocycles. The molecule has 0 spiro atoms. The Labute approximate surface area is 313 Å². The minimum Gasteiger partial charge on any atom is -0.478 e. The second-order valence-electron chi connectivity index (χ2n) is 15.0. The molecule has 270 valence electrons. The average Bonchev–Trinajstić information content (AvgIpc) is 3.48. The van der Waals surface area contributed by atoms with Crippen molar-refractivity contribution in [2.75, 3.05) is 18.0 Å². The normalized spacial score (nSPS) is 18.8. The minimum absolute atomic E-state index is 0.0683. The molecule has 1 unspecified atom stereocenters. The number of fused-ring (bicyclic) bond motifs is 2. The van der Waals surface area contributed by atoms with Crippen LogP contribution >= 0.6 is 11.6 Å². The van der Waals surface area contributed by atoms with Gasteiger partial charge in [0, 0.05) is 52.7 Å². The first-order chi connectivity index (χ1) is 24.9. The third-order valence-corrected chi connectivity index (χ3v) is 11.4. The summed E-state index contributed by atoms with van der Waals surface area (Å²) in [5, 5.41) is 10.5. The fraction of sp³-hybridized carbons (Fsp3) is 0.378. The Kier molecular flexibility index (Phi) is 11.1. The first-order valence-corrected chi connectivity index (χ1v) is 19.0. The van der Waals surface area contributed by atoms with E-state index in [2.05, 4.69) is 92.3 Å². The van der Waals surface area contributed by atoms with E-state index in [1.165, 1.54) is 11.3 Å². The number of benzene rings is 3. The highest BCUT2D eigenvalue weighted by atomic mass is 35.5. The van der Waals surface area contributed by atoms with Crippen LogP contribution in [0.15, 0.2) is 113 Å². The number of rotatable bonds is 12. The molecule has 0 radical (unpaired) electrons. The maximum Gasteiger partial charge on any atom is 0.335 e. The van der Waals surface area contributed by atoms with Gasteiger partial charge in [0.05, 0.1) is 16.7 Å². The Morgan fingerprint density at radius 2 is 1.71 bits per heavy atom. The van der Waals surface area contributed by atoms with E-state index < -0.39 is 5.97 Å². The number of carboxylic acid groups (broad SMARTS) is 1. The quantitative estimate of drug-likeness (QED) is 0.0664. The zero-order chi connectivity index (χ0) is 37.0. The number of aromatic carboxylic acids is 1. The Morgan fingerprint density at radius 3 is 2.46 bits per heavy atom. The lowest BCUT2D eigenvalue weighted by atomic mass is 9.80. The number of ether oxygens (including phenoxy) is 1. The standard InChI is InChI=1S/C45H49ClN2O4/c1-6-47-38-26-23-33(43(50)51)30-36(38)45(4,5)39(47)27-24-31-16-15-17-32(42(31)46)25-28-40-44(2,3)35-20-12-13-21-37(35)48(40)29-14-8-11-22-41(49)52-34-18-9-7-10-19-34/h7,9-10,12-13,18-21,23-27,30,32H,6,8,11,14-17,22,29H2,1-5H3/p+1/b27-24+. The lowest BCUT2D eigenvalue weighted by Gasteiger charge is -2.26. The van der Waals surface area contributed by atoms with Gasteiger partial charge in [0.2, 0.25) is 5.69 Å². The molecule has 7 heteroatoms. The van der Waals surface area contributed by atoms with Crippen LogP contribution in [0, 0.1) is 5.92 Å². The fourth-order valence-corrected chi connectivity index (χ4v) is 8.35. The van der Waals surface area contributed by atoms with E-state index >= 15 is 0 Å². The third kappa shape index (κ3) is 7.46. The molecule has 52 heavy (non-hydrogen) atoms. The van der Waals surface area contributed by atoms with Gasteiger partial charge in [0.1, 0.15) is 12.3 Å². The van der Waals surface area contributed by atoms with Crippen molar-refractivity contribution in [3.05, 3.63) is 130 Å². The van der Waals surface area contributed by atoms with Crippen molar-refractivity contribution in [2.24, 2.45) is 5.92 Å². The van der Waals surface area contributed by atoms with Crippen LogP contribution in [0.2, 0.25) is 0 Å². The van der Waals surface area contributed by atoms with Gasteiger partial charge in [0.15, 0.2) is 5.71 Å². The first kappa shape index (κ1) is 37.1. The van der Waals surface area contributed by atoms with Gasteiger partial charge in [0.25, 0.3) is 0 Å². The molecule has 0 saturated heterocycles. The van der Waals surface area contributed by atoms with Crippen molar-refractivity contribution in [2.45, 2.75) is 90.4 Å².